The van der Waals surface area contributed by atoms with Crippen molar-refractivity contribution in [2.75, 3.05) is 11.9 Å². The fourth-order valence-corrected chi connectivity index (χ4v) is 2.68. The number of nitrogens with one attached hydrogen (secondary N) is 1. The highest BCUT2D eigenvalue weighted by atomic mass is 16.3. The number of carbonyl (C=O) groups is 2. The normalized spacial score (nSPS) is 19.7. The molecular formula is C15H20N2O3. The summed E-state index contributed by atoms with van der Waals surface area (Å²) in [7, 11) is 0. The predicted octanol–water partition coefficient (Wildman–Crippen LogP) is 1.63. The van der Waals surface area contributed by atoms with E-state index in [9.17, 15) is 14.7 Å². The van der Waals surface area contributed by atoms with Gasteiger partial charge < -0.3 is 15.3 Å². The number of nitrogens with zero attached hydrogens (tertiary/aromatic N) is 1. The molecule has 0 aliphatic carbocycles. The summed E-state index contributed by atoms with van der Waals surface area (Å²) in [6.07, 6.45) is 2.76. The third-order valence-electron chi connectivity index (χ3n) is 3.61. The molecule has 1 aromatic carbocycles. The monoisotopic (exact) mass is 276 g/mol. The molecule has 1 aliphatic rings. The van der Waals surface area contributed by atoms with Crippen molar-refractivity contribution in [2.24, 2.45) is 0 Å². The van der Waals surface area contributed by atoms with E-state index >= 15 is 0 Å². The van der Waals surface area contributed by atoms with Gasteiger partial charge in [0.2, 0.25) is 6.41 Å². The molecule has 0 bridgehead atoms. The number of anilines is 1. The van der Waals surface area contributed by atoms with E-state index in [1.54, 1.807) is 31.2 Å². The summed E-state index contributed by atoms with van der Waals surface area (Å²) in [4.78, 5) is 24.6. The van der Waals surface area contributed by atoms with Gasteiger partial charge >= 0.3 is 0 Å². The molecule has 0 spiro atoms. The van der Waals surface area contributed by atoms with Crippen LogP contribution in [0.2, 0.25) is 0 Å². The first-order chi connectivity index (χ1) is 9.61. The Kier molecular flexibility index (Phi) is 4.74. The van der Waals surface area contributed by atoms with Crippen molar-refractivity contribution >= 4 is 18.0 Å². The molecule has 0 radical (unpaired) electrons. The van der Waals surface area contributed by atoms with Crippen LogP contribution < -0.4 is 5.32 Å². The first-order valence-electron chi connectivity index (χ1n) is 6.91. The predicted molar refractivity (Wildman–Crippen MR) is 76.5 cm³/mol. The van der Waals surface area contributed by atoms with Gasteiger partial charge in [0.1, 0.15) is 0 Å². The summed E-state index contributed by atoms with van der Waals surface area (Å²) in [6, 6.07) is 6.97. The quantitative estimate of drug-likeness (QED) is 0.803. The highest BCUT2D eigenvalue weighted by Gasteiger charge is 2.29. The second-order valence-electron chi connectivity index (χ2n) is 5.22. The lowest BCUT2D eigenvalue weighted by molar-refractivity contribution is -0.105. The van der Waals surface area contributed by atoms with Gasteiger partial charge in [0, 0.05) is 23.8 Å². The van der Waals surface area contributed by atoms with Gasteiger partial charge in [-0.3, -0.25) is 9.59 Å². The number of amides is 2. The number of rotatable bonds is 5. The van der Waals surface area contributed by atoms with E-state index < -0.39 is 6.10 Å². The summed E-state index contributed by atoms with van der Waals surface area (Å²) < 4.78 is 0. The first kappa shape index (κ1) is 14.5. The van der Waals surface area contributed by atoms with Crippen LogP contribution in [0.15, 0.2) is 24.3 Å². The molecule has 5 heteroatoms. The molecule has 2 rings (SSSR count). The minimum Gasteiger partial charge on any atom is -0.393 e. The average molecular weight is 276 g/mol. The molecule has 0 saturated carbocycles. The second kappa shape index (κ2) is 6.52. The Morgan fingerprint density at radius 1 is 1.50 bits per heavy atom. The fraction of sp³-hybridized carbons (Fsp3) is 0.467. The van der Waals surface area contributed by atoms with Crippen molar-refractivity contribution < 1.29 is 14.7 Å². The number of aliphatic hydroxyl groups excluding tert-OH is 1. The first-order valence-corrected chi connectivity index (χ1v) is 6.91. The standard InChI is InChI=1S/C15H20N2O3/c1-11(19)9-14-3-2-8-17(14)15(20)12-4-6-13(7-5-12)16-10-18/h4-7,10-11,14,19H,2-3,8-9H2,1H3,(H,16,18). The van der Waals surface area contributed by atoms with Gasteiger partial charge in [-0.05, 0) is 50.5 Å². The molecule has 2 amide bonds. The molecule has 1 saturated heterocycles. The molecule has 2 atom stereocenters. The van der Waals surface area contributed by atoms with Crippen LogP contribution in [0.3, 0.4) is 0 Å². The summed E-state index contributed by atoms with van der Waals surface area (Å²) in [6.45, 7) is 2.49. The van der Waals surface area contributed by atoms with E-state index in [-0.39, 0.29) is 11.9 Å². The zero-order chi connectivity index (χ0) is 14.5. The lowest BCUT2D eigenvalue weighted by atomic mass is 10.1. The van der Waals surface area contributed by atoms with Gasteiger partial charge in [-0.25, -0.2) is 0 Å². The van der Waals surface area contributed by atoms with E-state index in [4.69, 9.17) is 0 Å². The van der Waals surface area contributed by atoms with Crippen LogP contribution in [0.5, 0.6) is 0 Å². The molecule has 1 aromatic rings. The molecule has 2 N–H and O–H groups in total. The fourth-order valence-electron chi connectivity index (χ4n) is 2.68. The van der Waals surface area contributed by atoms with E-state index in [1.165, 1.54) is 0 Å². The third kappa shape index (κ3) is 3.36. The molecule has 1 fully saturated rings. The van der Waals surface area contributed by atoms with E-state index in [0.717, 1.165) is 19.4 Å². The van der Waals surface area contributed by atoms with Crippen LogP contribution in [0, 0.1) is 0 Å². The minimum absolute atomic E-state index is 0.00852. The van der Waals surface area contributed by atoms with Gasteiger partial charge in [-0.15, -0.1) is 0 Å². The van der Waals surface area contributed by atoms with Crippen molar-refractivity contribution in [3.8, 4) is 0 Å². The van der Waals surface area contributed by atoms with Crippen LogP contribution in [0.1, 0.15) is 36.5 Å². The molecule has 2 unspecified atom stereocenters. The number of carbonyl (C=O) groups excluding carboxylic acids is 2. The summed E-state index contributed by atoms with van der Waals surface area (Å²) >= 11 is 0. The molecule has 0 aromatic heterocycles. The Morgan fingerprint density at radius 3 is 2.80 bits per heavy atom. The molecule has 20 heavy (non-hydrogen) atoms. The average Bonchev–Trinajstić information content (AvgIpc) is 2.86. The molecule has 1 aliphatic heterocycles. The highest BCUT2D eigenvalue weighted by Crippen LogP contribution is 2.24. The van der Waals surface area contributed by atoms with Gasteiger partial charge in [0.25, 0.3) is 5.91 Å². The third-order valence-corrected chi connectivity index (χ3v) is 3.61. The molecule has 5 nitrogen and oxygen atoms in total. The molecule has 108 valence electrons. The van der Waals surface area contributed by atoms with E-state index in [2.05, 4.69) is 5.32 Å². The summed E-state index contributed by atoms with van der Waals surface area (Å²) in [5.41, 5.74) is 1.28. The van der Waals surface area contributed by atoms with Crippen LogP contribution in [0.25, 0.3) is 0 Å². The van der Waals surface area contributed by atoms with Crippen LogP contribution in [-0.2, 0) is 4.79 Å². The Bertz CT molecular complexity index is 471. The maximum atomic E-state index is 12.5. The number of hydrogen-bond donors (Lipinski definition) is 2. The van der Waals surface area contributed by atoms with Crippen molar-refractivity contribution in [2.45, 2.75) is 38.3 Å². The minimum atomic E-state index is -0.396. The topological polar surface area (TPSA) is 69.6 Å². The van der Waals surface area contributed by atoms with Crippen molar-refractivity contribution in [1.29, 1.82) is 0 Å². The maximum Gasteiger partial charge on any atom is 0.254 e. The number of aliphatic hydroxyl groups is 1. The summed E-state index contributed by atoms with van der Waals surface area (Å²) in [5, 5.41) is 12.0. The Hall–Kier alpha value is -1.88. The maximum absolute atomic E-state index is 12.5. The zero-order valence-corrected chi connectivity index (χ0v) is 11.6. The number of benzene rings is 1. The lowest BCUT2D eigenvalue weighted by Gasteiger charge is -2.25. The van der Waals surface area contributed by atoms with Gasteiger partial charge in [0.05, 0.1) is 6.10 Å². The smallest absolute Gasteiger partial charge is 0.254 e. The van der Waals surface area contributed by atoms with Gasteiger partial charge in [-0.1, -0.05) is 0 Å². The second-order valence-corrected chi connectivity index (χ2v) is 5.22. The highest BCUT2D eigenvalue weighted by molar-refractivity contribution is 5.95. The molecular weight excluding hydrogens is 256 g/mol. The van der Waals surface area contributed by atoms with Gasteiger partial charge in [-0.2, -0.15) is 0 Å². The van der Waals surface area contributed by atoms with Crippen molar-refractivity contribution in [1.82, 2.24) is 4.90 Å². The largest absolute Gasteiger partial charge is 0.393 e. The number of likely N-dealkylation sites (tertiary alicyclic amines) is 1. The van der Waals surface area contributed by atoms with Gasteiger partial charge in [0.15, 0.2) is 0 Å². The number of hydrogen-bond acceptors (Lipinski definition) is 3. The lowest BCUT2D eigenvalue weighted by Crippen LogP contribution is -2.37. The molecule has 1 heterocycles. The SMILES string of the molecule is CC(O)CC1CCCN1C(=O)c1ccc(NC=O)cc1. The Balaban J connectivity index is 2.07. The summed E-state index contributed by atoms with van der Waals surface area (Å²) in [5.74, 6) is -0.00852. The van der Waals surface area contributed by atoms with Crippen LogP contribution in [-0.4, -0.2) is 41.0 Å². The van der Waals surface area contributed by atoms with Crippen LogP contribution in [0.4, 0.5) is 5.69 Å². The van der Waals surface area contributed by atoms with E-state index in [0.29, 0.717) is 24.1 Å². The zero-order valence-electron chi connectivity index (χ0n) is 11.6. The van der Waals surface area contributed by atoms with Crippen LogP contribution >= 0.6 is 0 Å². The Morgan fingerprint density at radius 2 is 2.20 bits per heavy atom. The van der Waals surface area contributed by atoms with Crippen molar-refractivity contribution in [3.05, 3.63) is 29.8 Å². The Labute approximate surface area is 118 Å². The van der Waals surface area contributed by atoms with Crippen molar-refractivity contribution in [3.63, 3.8) is 0 Å². The van der Waals surface area contributed by atoms with E-state index in [1.807, 2.05) is 4.90 Å².